The number of benzene rings is 1. The lowest BCUT2D eigenvalue weighted by Crippen LogP contribution is -2.28. The van der Waals surface area contributed by atoms with Crippen molar-refractivity contribution in [1.82, 2.24) is 4.57 Å². The van der Waals surface area contributed by atoms with Crippen LogP contribution in [0, 0.1) is 0 Å². The summed E-state index contributed by atoms with van der Waals surface area (Å²) in [5.74, 6) is -1.22. The summed E-state index contributed by atoms with van der Waals surface area (Å²) < 4.78 is 6.45. The average Bonchev–Trinajstić information content (AvgIpc) is 2.97. The highest BCUT2D eigenvalue weighted by atomic mass is 32.2. The molecule has 0 atom stereocenters. The van der Waals surface area contributed by atoms with Gasteiger partial charge in [-0.3, -0.25) is 9.59 Å². The van der Waals surface area contributed by atoms with E-state index >= 15 is 0 Å². The maximum atomic E-state index is 12.1. The van der Waals surface area contributed by atoms with Crippen molar-refractivity contribution in [2.24, 2.45) is 7.05 Å². The molecule has 0 saturated heterocycles. The highest BCUT2D eigenvalue weighted by Crippen LogP contribution is 2.15. The quantitative estimate of drug-likeness (QED) is 0.598. The van der Waals surface area contributed by atoms with E-state index in [4.69, 9.17) is 4.74 Å². The summed E-state index contributed by atoms with van der Waals surface area (Å²) in [6, 6.07) is 8.75. The molecule has 0 aliphatic carbocycles. The molecule has 7 nitrogen and oxygen atoms in total. The standard InChI is InChI=1S/C18H21N3O4S/c1-4-25-18(24)15-9-14(10-21(15)2)20-17(23)16(22)19-13-7-5-12(6-8-13)11-26-3/h5-10H,4,11H2,1-3H3,(H,19,22)(H,20,23). The Labute approximate surface area is 156 Å². The summed E-state index contributed by atoms with van der Waals surface area (Å²) in [5, 5.41) is 5.01. The van der Waals surface area contributed by atoms with Crippen LogP contribution in [0.5, 0.6) is 0 Å². The summed E-state index contributed by atoms with van der Waals surface area (Å²) in [7, 11) is 1.65. The van der Waals surface area contributed by atoms with Gasteiger partial charge in [-0.15, -0.1) is 0 Å². The predicted octanol–water partition coefficient (Wildman–Crippen LogP) is 2.64. The minimum absolute atomic E-state index is 0.254. The molecule has 2 rings (SSSR count). The minimum Gasteiger partial charge on any atom is -0.461 e. The van der Waals surface area contributed by atoms with E-state index in [0.29, 0.717) is 11.4 Å². The fraction of sp³-hybridized carbons (Fsp3) is 0.278. The highest BCUT2D eigenvalue weighted by molar-refractivity contribution is 7.97. The van der Waals surface area contributed by atoms with Crippen LogP contribution in [0.2, 0.25) is 0 Å². The molecule has 1 heterocycles. The molecule has 0 saturated carbocycles. The van der Waals surface area contributed by atoms with Gasteiger partial charge in [0.05, 0.1) is 12.3 Å². The lowest BCUT2D eigenvalue weighted by Gasteiger charge is -2.06. The number of ether oxygens (including phenoxy) is 1. The number of nitrogens with zero attached hydrogens (tertiary/aromatic N) is 1. The molecule has 0 unspecified atom stereocenters. The molecule has 2 amide bonds. The summed E-state index contributed by atoms with van der Waals surface area (Å²) >= 11 is 1.70. The van der Waals surface area contributed by atoms with E-state index in [-0.39, 0.29) is 12.3 Å². The van der Waals surface area contributed by atoms with Crippen LogP contribution in [0.1, 0.15) is 23.0 Å². The molecule has 26 heavy (non-hydrogen) atoms. The summed E-state index contributed by atoms with van der Waals surface area (Å²) in [6.07, 6.45) is 3.55. The smallest absolute Gasteiger partial charge is 0.355 e. The van der Waals surface area contributed by atoms with Crippen LogP contribution in [0.25, 0.3) is 0 Å². The Morgan fingerprint density at radius 3 is 2.27 bits per heavy atom. The first-order chi connectivity index (χ1) is 12.4. The molecule has 0 spiro atoms. The van der Waals surface area contributed by atoms with Crippen molar-refractivity contribution in [3.05, 3.63) is 47.8 Å². The maximum Gasteiger partial charge on any atom is 0.355 e. The number of esters is 1. The molecular formula is C18H21N3O4S. The number of aromatic nitrogens is 1. The van der Waals surface area contributed by atoms with Gasteiger partial charge >= 0.3 is 17.8 Å². The van der Waals surface area contributed by atoms with E-state index in [9.17, 15) is 14.4 Å². The van der Waals surface area contributed by atoms with Gasteiger partial charge in [0.2, 0.25) is 0 Å². The van der Waals surface area contributed by atoms with E-state index in [1.54, 1.807) is 37.9 Å². The Hall–Kier alpha value is -2.74. The topological polar surface area (TPSA) is 89.4 Å². The van der Waals surface area contributed by atoms with Gasteiger partial charge in [0.1, 0.15) is 5.69 Å². The van der Waals surface area contributed by atoms with Crippen molar-refractivity contribution in [2.45, 2.75) is 12.7 Å². The highest BCUT2D eigenvalue weighted by Gasteiger charge is 2.18. The van der Waals surface area contributed by atoms with Gasteiger partial charge in [-0.2, -0.15) is 11.8 Å². The molecule has 8 heteroatoms. The van der Waals surface area contributed by atoms with E-state index in [1.807, 2.05) is 18.4 Å². The van der Waals surface area contributed by atoms with Crippen LogP contribution in [0.3, 0.4) is 0 Å². The Morgan fingerprint density at radius 1 is 1.08 bits per heavy atom. The molecule has 138 valence electrons. The van der Waals surface area contributed by atoms with Gasteiger partial charge in [0.15, 0.2) is 0 Å². The molecule has 2 N–H and O–H groups in total. The molecule has 0 radical (unpaired) electrons. The van der Waals surface area contributed by atoms with Gasteiger partial charge in [-0.05, 0) is 36.9 Å². The van der Waals surface area contributed by atoms with Crippen molar-refractivity contribution in [3.8, 4) is 0 Å². The molecule has 2 aromatic rings. The normalized spacial score (nSPS) is 10.3. The summed E-state index contributed by atoms with van der Waals surface area (Å²) in [4.78, 5) is 35.9. The monoisotopic (exact) mass is 375 g/mol. The third-order valence-corrected chi connectivity index (χ3v) is 4.10. The molecule has 0 aliphatic rings. The number of hydrogen-bond donors (Lipinski definition) is 2. The van der Waals surface area contributed by atoms with Crippen molar-refractivity contribution in [1.29, 1.82) is 0 Å². The van der Waals surface area contributed by atoms with Crippen LogP contribution in [-0.4, -0.2) is 35.2 Å². The Balaban J connectivity index is 1.97. The Bertz CT molecular complexity index is 799. The maximum absolute atomic E-state index is 12.1. The predicted molar refractivity (Wildman–Crippen MR) is 102 cm³/mol. The van der Waals surface area contributed by atoms with Crippen LogP contribution in [0.15, 0.2) is 36.5 Å². The molecule has 1 aromatic heterocycles. The third kappa shape index (κ3) is 5.13. The van der Waals surface area contributed by atoms with Crippen LogP contribution < -0.4 is 10.6 Å². The van der Waals surface area contributed by atoms with Crippen molar-refractivity contribution >= 4 is 40.9 Å². The van der Waals surface area contributed by atoms with E-state index < -0.39 is 17.8 Å². The fourth-order valence-corrected chi connectivity index (χ4v) is 2.79. The van der Waals surface area contributed by atoms with Gasteiger partial charge in [0, 0.05) is 24.7 Å². The van der Waals surface area contributed by atoms with E-state index in [0.717, 1.165) is 11.3 Å². The van der Waals surface area contributed by atoms with Gasteiger partial charge in [0.25, 0.3) is 0 Å². The second-order valence-electron chi connectivity index (χ2n) is 5.48. The van der Waals surface area contributed by atoms with E-state index in [1.165, 1.54) is 16.8 Å². The number of thioether (sulfide) groups is 1. The Morgan fingerprint density at radius 2 is 1.69 bits per heavy atom. The molecule has 1 aromatic carbocycles. The number of aryl methyl sites for hydroxylation is 1. The summed E-state index contributed by atoms with van der Waals surface area (Å²) in [5.41, 5.74) is 2.30. The largest absolute Gasteiger partial charge is 0.461 e. The van der Waals surface area contributed by atoms with Crippen LogP contribution >= 0.6 is 11.8 Å². The fourth-order valence-electron chi connectivity index (χ4n) is 2.27. The zero-order valence-corrected chi connectivity index (χ0v) is 15.7. The zero-order valence-electron chi connectivity index (χ0n) is 14.9. The number of anilines is 2. The summed E-state index contributed by atoms with van der Waals surface area (Å²) in [6.45, 7) is 1.96. The second kappa shape index (κ2) is 9.10. The van der Waals surface area contributed by atoms with Crippen LogP contribution in [0.4, 0.5) is 11.4 Å². The first-order valence-electron chi connectivity index (χ1n) is 7.98. The number of amides is 2. The van der Waals surface area contributed by atoms with Crippen molar-refractivity contribution in [3.63, 3.8) is 0 Å². The SMILES string of the molecule is CCOC(=O)c1cc(NC(=O)C(=O)Nc2ccc(CSC)cc2)cn1C. The first-order valence-corrected chi connectivity index (χ1v) is 9.37. The lowest BCUT2D eigenvalue weighted by atomic mass is 10.2. The second-order valence-corrected chi connectivity index (χ2v) is 6.35. The minimum atomic E-state index is -0.820. The lowest BCUT2D eigenvalue weighted by molar-refractivity contribution is -0.132. The number of carbonyl (C=O) groups is 3. The van der Waals surface area contributed by atoms with Gasteiger partial charge in [-0.1, -0.05) is 12.1 Å². The molecule has 0 aliphatic heterocycles. The average molecular weight is 375 g/mol. The molecular weight excluding hydrogens is 354 g/mol. The first kappa shape index (κ1) is 19.6. The molecule has 0 bridgehead atoms. The third-order valence-electron chi connectivity index (χ3n) is 3.48. The van der Waals surface area contributed by atoms with Crippen molar-refractivity contribution < 1.29 is 19.1 Å². The number of hydrogen-bond acceptors (Lipinski definition) is 5. The Kier molecular flexibility index (Phi) is 6.85. The van der Waals surface area contributed by atoms with Gasteiger partial charge < -0.3 is 19.9 Å². The van der Waals surface area contributed by atoms with E-state index in [2.05, 4.69) is 10.6 Å². The van der Waals surface area contributed by atoms with Gasteiger partial charge in [-0.25, -0.2) is 4.79 Å². The van der Waals surface area contributed by atoms with Crippen LogP contribution in [-0.2, 0) is 27.1 Å². The number of carbonyl (C=O) groups excluding carboxylic acids is 3. The van der Waals surface area contributed by atoms with Crippen molar-refractivity contribution in [2.75, 3.05) is 23.5 Å². The molecule has 0 fully saturated rings. The number of nitrogens with one attached hydrogen (secondary N) is 2. The zero-order chi connectivity index (χ0) is 19.1. The number of rotatable bonds is 6.